The normalized spacial score (nSPS) is 10.8. The predicted molar refractivity (Wildman–Crippen MR) is 109 cm³/mol. The summed E-state index contributed by atoms with van der Waals surface area (Å²) in [6, 6.07) is 5.76. The van der Waals surface area contributed by atoms with Crippen LogP contribution in [0.2, 0.25) is 0 Å². The van der Waals surface area contributed by atoms with E-state index in [0.717, 1.165) is 20.8 Å². The van der Waals surface area contributed by atoms with Crippen molar-refractivity contribution in [2.24, 2.45) is 0 Å². The van der Waals surface area contributed by atoms with Crippen molar-refractivity contribution in [3.8, 4) is 0 Å². The minimum atomic E-state index is -0.574. The molecular formula is C19H19FN4O2S2. The van der Waals surface area contributed by atoms with Crippen LogP contribution in [0.15, 0.2) is 35.6 Å². The van der Waals surface area contributed by atoms with E-state index in [1.807, 2.05) is 13.8 Å². The number of nitrogens with one attached hydrogen (secondary N) is 2. The number of carbonyl (C=O) groups excluding carboxylic acids is 2. The van der Waals surface area contributed by atoms with Crippen molar-refractivity contribution in [3.63, 3.8) is 0 Å². The number of hydrogen-bond donors (Lipinski definition) is 2. The largest absolute Gasteiger partial charge is 0.354 e. The average molecular weight is 419 g/mol. The smallest absolute Gasteiger partial charge is 0.254 e. The molecule has 28 heavy (non-hydrogen) atoms. The number of fused-ring (bicyclic) bond motifs is 1. The first-order valence-electron chi connectivity index (χ1n) is 8.60. The van der Waals surface area contributed by atoms with Crippen molar-refractivity contribution in [1.82, 2.24) is 20.6 Å². The minimum absolute atomic E-state index is 0.0152. The summed E-state index contributed by atoms with van der Waals surface area (Å²) in [5.41, 5.74) is 1.12. The molecule has 3 rings (SSSR count). The van der Waals surface area contributed by atoms with E-state index in [0.29, 0.717) is 0 Å². The van der Waals surface area contributed by atoms with Gasteiger partial charge in [0.2, 0.25) is 5.91 Å². The van der Waals surface area contributed by atoms with Crippen LogP contribution in [0.4, 0.5) is 4.39 Å². The van der Waals surface area contributed by atoms with Crippen molar-refractivity contribution < 1.29 is 14.0 Å². The molecule has 9 heteroatoms. The number of halogens is 1. The molecule has 2 heterocycles. The zero-order valence-electron chi connectivity index (χ0n) is 15.4. The lowest BCUT2D eigenvalue weighted by molar-refractivity contribution is -0.118. The molecule has 0 aliphatic carbocycles. The standard InChI is InChI=1S/C19H19FN4O2S2/c1-11-12(2)28-19-16(11)18(23-10-24-19)27-9-15(25)21-7-8-22-17(26)13-5-3-4-6-14(13)20/h3-6,10H,7-9H2,1-2H3,(H,21,25)(H,22,26). The second-order valence-corrected chi connectivity index (χ2v) is 8.18. The van der Waals surface area contributed by atoms with E-state index < -0.39 is 11.7 Å². The second-order valence-electron chi connectivity index (χ2n) is 6.02. The highest BCUT2D eigenvalue weighted by Gasteiger charge is 2.14. The fourth-order valence-corrected chi connectivity index (χ4v) is 4.51. The number of rotatable bonds is 7. The molecule has 0 fully saturated rings. The summed E-state index contributed by atoms with van der Waals surface area (Å²) in [4.78, 5) is 34.7. The molecule has 0 saturated heterocycles. The van der Waals surface area contributed by atoms with Crippen LogP contribution in [0.3, 0.4) is 0 Å². The van der Waals surface area contributed by atoms with Gasteiger partial charge in [-0.15, -0.1) is 11.3 Å². The number of thioether (sulfide) groups is 1. The number of aryl methyl sites for hydroxylation is 2. The summed E-state index contributed by atoms with van der Waals surface area (Å²) >= 11 is 2.97. The van der Waals surface area contributed by atoms with Crippen molar-refractivity contribution in [1.29, 1.82) is 0 Å². The maximum atomic E-state index is 13.5. The number of hydrogen-bond acceptors (Lipinski definition) is 6. The van der Waals surface area contributed by atoms with Crippen LogP contribution in [-0.2, 0) is 4.79 Å². The highest BCUT2D eigenvalue weighted by Crippen LogP contribution is 2.34. The highest BCUT2D eigenvalue weighted by atomic mass is 32.2. The lowest BCUT2D eigenvalue weighted by Gasteiger charge is -2.08. The van der Waals surface area contributed by atoms with Gasteiger partial charge in [-0.05, 0) is 31.5 Å². The zero-order valence-corrected chi connectivity index (χ0v) is 17.0. The van der Waals surface area contributed by atoms with E-state index in [4.69, 9.17) is 0 Å². The molecule has 0 radical (unpaired) electrons. The first-order chi connectivity index (χ1) is 13.5. The zero-order chi connectivity index (χ0) is 20.1. The van der Waals surface area contributed by atoms with Gasteiger partial charge in [0, 0.05) is 23.4 Å². The molecule has 1 aromatic carbocycles. The Hall–Kier alpha value is -2.52. The van der Waals surface area contributed by atoms with Crippen LogP contribution < -0.4 is 10.6 Å². The monoisotopic (exact) mass is 418 g/mol. The molecular weight excluding hydrogens is 399 g/mol. The quantitative estimate of drug-likeness (QED) is 0.350. The SMILES string of the molecule is Cc1sc2ncnc(SCC(=O)NCCNC(=O)c3ccccc3F)c2c1C. The Kier molecular flexibility index (Phi) is 6.58. The van der Waals surface area contributed by atoms with E-state index in [-0.39, 0.29) is 30.3 Å². The van der Waals surface area contributed by atoms with E-state index in [9.17, 15) is 14.0 Å². The van der Waals surface area contributed by atoms with Gasteiger partial charge in [0.1, 0.15) is 22.0 Å². The Morgan fingerprint density at radius 1 is 1.14 bits per heavy atom. The summed E-state index contributed by atoms with van der Waals surface area (Å²) in [5, 5.41) is 7.10. The third kappa shape index (κ3) is 4.66. The molecule has 0 aliphatic rings. The van der Waals surface area contributed by atoms with Crippen LogP contribution in [0.1, 0.15) is 20.8 Å². The van der Waals surface area contributed by atoms with Gasteiger partial charge in [0.05, 0.1) is 11.3 Å². The fourth-order valence-electron chi connectivity index (χ4n) is 2.56. The molecule has 2 amide bonds. The molecule has 6 nitrogen and oxygen atoms in total. The molecule has 2 aromatic heterocycles. The van der Waals surface area contributed by atoms with Gasteiger partial charge >= 0.3 is 0 Å². The number of nitrogens with zero attached hydrogens (tertiary/aromatic N) is 2. The molecule has 3 aromatic rings. The second kappa shape index (κ2) is 9.11. The first kappa shape index (κ1) is 20.2. The molecule has 0 unspecified atom stereocenters. The summed E-state index contributed by atoms with van der Waals surface area (Å²) in [6.07, 6.45) is 1.51. The molecule has 0 saturated carbocycles. The molecule has 2 N–H and O–H groups in total. The molecule has 0 spiro atoms. The summed E-state index contributed by atoms with van der Waals surface area (Å²) in [7, 11) is 0. The van der Waals surface area contributed by atoms with Gasteiger partial charge < -0.3 is 10.6 Å². The maximum Gasteiger partial charge on any atom is 0.254 e. The lowest BCUT2D eigenvalue weighted by atomic mass is 10.2. The predicted octanol–water partition coefficient (Wildman–Crippen LogP) is 3.09. The molecule has 146 valence electrons. The van der Waals surface area contributed by atoms with Crippen LogP contribution in [0, 0.1) is 19.7 Å². The van der Waals surface area contributed by atoms with E-state index in [1.54, 1.807) is 17.4 Å². The van der Waals surface area contributed by atoms with Crippen LogP contribution in [0.25, 0.3) is 10.2 Å². The van der Waals surface area contributed by atoms with Crippen LogP contribution in [-0.4, -0.2) is 40.6 Å². The Morgan fingerprint density at radius 3 is 2.68 bits per heavy atom. The third-order valence-corrected chi connectivity index (χ3v) is 6.23. The summed E-state index contributed by atoms with van der Waals surface area (Å²) in [6.45, 7) is 4.54. The minimum Gasteiger partial charge on any atom is -0.354 e. The van der Waals surface area contributed by atoms with E-state index >= 15 is 0 Å². The Morgan fingerprint density at radius 2 is 1.89 bits per heavy atom. The van der Waals surface area contributed by atoms with Gasteiger partial charge in [-0.3, -0.25) is 9.59 Å². The van der Waals surface area contributed by atoms with Gasteiger partial charge in [0.15, 0.2) is 0 Å². The Bertz CT molecular complexity index is 1020. The fraction of sp³-hybridized carbons (Fsp3) is 0.263. The Balaban J connectivity index is 1.46. The Labute approximate surface area is 170 Å². The van der Waals surface area contributed by atoms with Crippen molar-refractivity contribution in [3.05, 3.63) is 52.4 Å². The van der Waals surface area contributed by atoms with E-state index in [1.165, 1.54) is 41.2 Å². The molecule has 0 aliphatic heterocycles. The topological polar surface area (TPSA) is 84.0 Å². The first-order valence-corrected chi connectivity index (χ1v) is 10.4. The lowest BCUT2D eigenvalue weighted by Crippen LogP contribution is -2.35. The van der Waals surface area contributed by atoms with E-state index in [2.05, 4.69) is 20.6 Å². The van der Waals surface area contributed by atoms with Crippen molar-refractivity contribution in [2.45, 2.75) is 18.9 Å². The average Bonchev–Trinajstić information content (AvgIpc) is 2.98. The summed E-state index contributed by atoms with van der Waals surface area (Å²) in [5.74, 6) is -1.03. The van der Waals surface area contributed by atoms with Gasteiger partial charge in [0.25, 0.3) is 5.91 Å². The third-order valence-electron chi connectivity index (χ3n) is 4.12. The number of benzene rings is 1. The van der Waals surface area contributed by atoms with Crippen LogP contribution >= 0.6 is 23.1 Å². The van der Waals surface area contributed by atoms with Crippen molar-refractivity contribution >= 4 is 45.1 Å². The number of amides is 2. The summed E-state index contributed by atoms with van der Waals surface area (Å²) < 4.78 is 13.5. The van der Waals surface area contributed by atoms with Gasteiger partial charge in [-0.1, -0.05) is 23.9 Å². The van der Waals surface area contributed by atoms with Gasteiger partial charge in [-0.2, -0.15) is 0 Å². The maximum absolute atomic E-state index is 13.5. The molecule has 0 atom stereocenters. The van der Waals surface area contributed by atoms with Crippen molar-refractivity contribution in [2.75, 3.05) is 18.8 Å². The number of thiophene rings is 1. The molecule has 0 bridgehead atoms. The highest BCUT2D eigenvalue weighted by molar-refractivity contribution is 8.00. The number of aromatic nitrogens is 2. The number of carbonyl (C=O) groups is 2. The van der Waals surface area contributed by atoms with Gasteiger partial charge in [-0.25, -0.2) is 14.4 Å². The van der Waals surface area contributed by atoms with Crippen LogP contribution in [0.5, 0.6) is 0 Å².